The molecule has 0 unspecified atom stereocenters. The van der Waals surface area contributed by atoms with Crippen LogP contribution in [0.2, 0.25) is 0 Å². The molecule has 12 heteroatoms. The minimum Gasteiger partial charge on any atom is -0.530 e. The minimum absolute atomic E-state index is 0.0277. The molecule has 0 bridgehead atoms. The molecule has 0 fully saturated rings. The minimum atomic E-state index is -4.27. The molecule has 0 spiro atoms. The van der Waals surface area contributed by atoms with E-state index in [1.807, 2.05) is 5.32 Å². The van der Waals surface area contributed by atoms with E-state index in [0.717, 1.165) is 6.07 Å². The molecule has 3 N–H and O–H groups in total. The quantitative estimate of drug-likeness (QED) is 0.655. The lowest BCUT2D eigenvalue weighted by Gasteiger charge is -2.11. The molecule has 0 aliphatic rings. The first-order chi connectivity index (χ1) is 12.2. The monoisotopic (exact) mass is 380 g/mol. The van der Waals surface area contributed by atoms with Crippen LogP contribution in [0.3, 0.4) is 0 Å². The molecule has 2 rings (SSSR count). The molecule has 0 saturated carbocycles. The van der Waals surface area contributed by atoms with Crippen LogP contribution in [0.25, 0.3) is 0 Å². The number of ether oxygens (including phenoxy) is 1. The number of rotatable bonds is 5. The highest BCUT2D eigenvalue weighted by molar-refractivity contribution is 7.90. The van der Waals surface area contributed by atoms with Crippen molar-refractivity contribution in [2.45, 2.75) is 11.8 Å². The summed E-state index contributed by atoms with van der Waals surface area (Å²) in [6.45, 7) is 1.64. The fourth-order valence-corrected chi connectivity index (χ4v) is 2.82. The molecule has 11 nitrogen and oxygen atoms in total. The van der Waals surface area contributed by atoms with Crippen LogP contribution in [-0.4, -0.2) is 37.6 Å². The molecule has 138 valence electrons. The van der Waals surface area contributed by atoms with Crippen LogP contribution >= 0.6 is 0 Å². The third-order valence-electron chi connectivity index (χ3n) is 2.88. The number of aromatic nitrogens is 2. The third-order valence-corrected chi connectivity index (χ3v) is 4.21. The van der Waals surface area contributed by atoms with Crippen molar-refractivity contribution >= 4 is 33.8 Å². The van der Waals surface area contributed by atoms with E-state index in [9.17, 15) is 23.1 Å². The molecule has 1 heterocycles. The summed E-state index contributed by atoms with van der Waals surface area (Å²) in [4.78, 5) is 29.9. The van der Waals surface area contributed by atoms with Crippen LogP contribution < -0.4 is 25.2 Å². The average Bonchev–Trinajstić information content (AvgIpc) is 2.53. The Hall–Kier alpha value is -3.41. The zero-order chi connectivity index (χ0) is 19.3. The number of aryl methyl sites for hydroxylation is 1. The standard InChI is InChI=1S/C14H15N5O6S/c1-8-6-11(25-2)17-12(15-8)18-13(20)19-26(23,24)10-5-3-4-9(7-10)16-14(21)22/h3-7,16H,1-2H3,(H,21,22)(H2,15,17,18,19,20)/p-1. The highest BCUT2D eigenvalue weighted by Crippen LogP contribution is 2.16. The second-order valence-corrected chi connectivity index (χ2v) is 6.56. The van der Waals surface area contributed by atoms with Crippen molar-refractivity contribution in [2.24, 2.45) is 0 Å². The number of sulfonamides is 1. The molecule has 1 aromatic carbocycles. The molecule has 0 atom stereocenters. The predicted molar refractivity (Wildman–Crippen MR) is 88.1 cm³/mol. The second kappa shape index (κ2) is 7.65. The molecule has 3 amide bonds. The number of nitrogens with zero attached hydrogens (tertiary/aromatic N) is 2. The van der Waals surface area contributed by atoms with Crippen LogP contribution in [0.1, 0.15) is 5.69 Å². The highest BCUT2D eigenvalue weighted by Gasteiger charge is 2.19. The molecular weight excluding hydrogens is 366 g/mol. The normalized spacial score (nSPS) is 10.7. The summed E-state index contributed by atoms with van der Waals surface area (Å²) in [6, 6.07) is 5.25. The summed E-state index contributed by atoms with van der Waals surface area (Å²) in [6.07, 6.45) is -1.60. The van der Waals surface area contributed by atoms with Crippen molar-refractivity contribution in [1.82, 2.24) is 14.7 Å². The Morgan fingerprint density at radius 1 is 1.15 bits per heavy atom. The number of hydrogen-bond acceptors (Lipinski definition) is 8. The maximum Gasteiger partial charge on any atom is 0.335 e. The summed E-state index contributed by atoms with van der Waals surface area (Å²) < 4.78 is 31.2. The lowest BCUT2D eigenvalue weighted by Crippen LogP contribution is -2.35. The van der Waals surface area contributed by atoms with E-state index in [-0.39, 0.29) is 22.4 Å². The summed E-state index contributed by atoms with van der Waals surface area (Å²) in [5.74, 6) is 0.0404. The smallest absolute Gasteiger partial charge is 0.335 e. The lowest BCUT2D eigenvalue weighted by molar-refractivity contribution is -0.242. The number of carboxylic acid groups (broad SMARTS) is 1. The number of urea groups is 1. The number of carbonyl (C=O) groups excluding carboxylic acids is 2. The second-order valence-electron chi connectivity index (χ2n) is 4.88. The van der Waals surface area contributed by atoms with Gasteiger partial charge in [0, 0.05) is 17.4 Å². The maximum absolute atomic E-state index is 12.2. The SMILES string of the molecule is COc1cc(C)nc(NC(=O)NS(=O)(=O)c2cccc(NC(=O)[O-])c2)n1. The molecule has 0 aliphatic carbocycles. The molecular formula is C14H14N5O6S-. The first-order valence-electron chi connectivity index (χ1n) is 7.01. The number of amides is 3. The van der Waals surface area contributed by atoms with E-state index in [4.69, 9.17) is 4.74 Å². The van der Waals surface area contributed by atoms with Gasteiger partial charge in [-0.3, -0.25) is 5.32 Å². The third kappa shape index (κ3) is 5.04. The van der Waals surface area contributed by atoms with Crippen molar-refractivity contribution in [1.29, 1.82) is 0 Å². The van der Waals surface area contributed by atoms with Crippen LogP contribution in [0.4, 0.5) is 21.2 Å². The van der Waals surface area contributed by atoms with Gasteiger partial charge in [-0.2, -0.15) is 4.98 Å². The fraction of sp³-hybridized carbons (Fsp3) is 0.143. The molecule has 2 aromatic rings. The van der Waals surface area contributed by atoms with Gasteiger partial charge in [0.2, 0.25) is 11.8 Å². The number of hydrogen-bond donors (Lipinski definition) is 3. The number of carbonyl (C=O) groups is 2. The summed E-state index contributed by atoms with van der Waals surface area (Å²) in [5, 5.41) is 14.6. The van der Waals surface area contributed by atoms with E-state index in [2.05, 4.69) is 15.3 Å². The first kappa shape index (κ1) is 18.9. The van der Waals surface area contributed by atoms with Crippen LogP contribution in [0.5, 0.6) is 5.88 Å². The van der Waals surface area contributed by atoms with Gasteiger partial charge in [0.25, 0.3) is 10.0 Å². The Labute approximate surface area is 148 Å². The van der Waals surface area contributed by atoms with Gasteiger partial charge >= 0.3 is 6.03 Å². The first-order valence-corrected chi connectivity index (χ1v) is 8.49. The molecule has 0 aliphatic heterocycles. The molecule has 0 radical (unpaired) electrons. The molecule has 26 heavy (non-hydrogen) atoms. The molecule has 1 aromatic heterocycles. The number of nitrogens with one attached hydrogen (secondary N) is 3. The van der Waals surface area contributed by atoms with Gasteiger partial charge in [-0.25, -0.2) is 22.9 Å². The highest BCUT2D eigenvalue weighted by atomic mass is 32.2. The van der Waals surface area contributed by atoms with Crippen molar-refractivity contribution in [3.8, 4) is 5.88 Å². The van der Waals surface area contributed by atoms with Gasteiger partial charge in [-0.05, 0) is 25.1 Å². The van der Waals surface area contributed by atoms with Crippen molar-refractivity contribution < 1.29 is 27.9 Å². The van der Waals surface area contributed by atoms with Gasteiger partial charge < -0.3 is 20.0 Å². The maximum atomic E-state index is 12.2. The van der Waals surface area contributed by atoms with Crippen molar-refractivity contribution in [3.05, 3.63) is 36.0 Å². The zero-order valence-corrected chi connectivity index (χ0v) is 14.5. The van der Waals surface area contributed by atoms with Crippen molar-refractivity contribution in [3.63, 3.8) is 0 Å². The van der Waals surface area contributed by atoms with Gasteiger partial charge in [0.1, 0.15) is 6.09 Å². The van der Waals surface area contributed by atoms with Gasteiger partial charge in [-0.1, -0.05) is 6.07 Å². The number of methoxy groups -OCH3 is 1. The Morgan fingerprint density at radius 2 is 1.88 bits per heavy atom. The summed E-state index contributed by atoms with van der Waals surface area (Å²) in [5.41, 5.74) is 0.469. The van der Waals surface area contributed by atoms with E-state index in [0.29, 0.717) is 5.69 Å². The number of benzene rings is 1. The molecule has 0 saturated heterocycles. The summed E-state index contributed by atoms with van der Waals surface area (Å²) >= 11 is 0. The Bertz CT molecular complexity index is 947. The van der Waals surface area contributed by atoms with E-state index in [1.54, 1.807) is 11.6 Å². The fourth-order valence-electron chi connectivity index (χ4n) is 1.87. The van der Waals surface area contributed by atoms with Gasteiger partial charge in [-0.15, -0.1) is 0 Å². The van der Waals surface area contributed by atoms with Gasteiger partial charge in [0.05, 0.1) is 12.0 Å². The lowest BCUT2D eigenvalue weighted by atomic mass is 10.3. The van der Waals surface area contributed by atoms with Crippen LogP contribution in [0.15, 0.2) is 35.2 Å². The Morgan fingerprint density at radius 3 is 2.54 bits per heavy atom. The largest absolute Gasteiger partial charge is 0.530 e. The zero-order valence-electron chi connectivity index (χ0n) is 13.6. The average molecular weight is 380 g/mol. The van der Waals surface area contributed by atoms with Crippen LogP contribution in [-0.2, 0) is 10.0 Å². The Balaban J connectivity index is 2.15. The van der Waals surface area contributed by atoms with E-state index >= 15 is 0 Å². The van der Waals surface area contributed by atoms with E-state index in [1.165, 1.54) is 31.4 Å². The van der Waals surface area contributed by atoms with Crippen molar-refractivity contribution in [2.75, 3.05) is 17.7 Å². The number of anilines is 2. The summed E-state index contributed by atoms with van der Waals surface area (Å²) in [7, 11) is -2.89. The Kier molecular flexibility index (Phi) is 5.57. The predicted octanol–water partition coefficient (Wildman–Crippen LogP) is 0.0592. The van der Waals surface area contributed by atoms with Crippen LogP contribution in [0, 0.1) is 6.92 Å². The van der Waals surface area contributed by atoms with Gasteiger partial charge in [0.15, 0.2) is 0 Å². The topological polar surface area (TPSA) is 162 Å². The van der Waals surface area contributed by atoms with E-state index < -0.39 is 22.1 Å².